The van der Waals surface area contributed by atoms with Crippen LogP contribution >= 0.6 is 0 Å². The van der Waals surface area contributed by atoms with Crippen LogP contribution in [0.5, 0.6) is 0 Å². The van der Waals surface area contributed by atoms with Crippen LogP contribution in [0.1, 0.15) is 39.5 Å². The molecule has 0 bridgehead atoms. The van der Waals surface area contributed by atoms with Gasteiger partial charge in [0.15, 0.2) is 5.78 Å². The van der Waals surface area contributed by atoms with Gasteiger partial charge in [0.05, 0.1) is 11.2 Å². The van der Waals surface area contributed by atoms with Crippen LogP contribution in [0.3, 0.4) is 0 Å². The highest BCUT2D eigenvalue weighted by molar-refractivity contribution is 6.03. The largest absolute Gasteiger partial charge is 0.371 e. The number of carbonyl (C=O) groups excluding carboxylic acids is 1. The first-order valence-corrected chi connectivity index (χ1v) is 5.81. The predicted molar refractivity (Wildman–Crippen MR) is 59.6 cm³/mol. The predicted octanol–water partition coefficient (Wildman–Crippen LogP) is 2.37. The quantitative estimate of drug-likeness (QED) is 0.628. The summed E-state index contributed by atoms with van der Waals surface area (Å²) in [5, 5.41) is 9.01. The van der Waals surface area contributed by atoms with Gasteiger partial charge < -0.3 is 4.74 Å². The van der Waals surface area contributed by atoms with Gasteiger partial charge in [0, 0.05) is 12.0 Å². The van der Waals surface area contributed by atoms with Crippen molar-refractivity contribution in [1.82, 2.24) is 0 Å². The molecule has 1 saturated heterocycles. The van der Waals surface area contributed by atoms with Crippen molar-refractivity contribution in [1.29, 1.82) is 5.26 Å². The van der Waals surface area contributed by atoms with Crippen molar-refractivity contribution in [2.75, 3.05) is 6.61 Å². The smallest absolute Gasteiger partial charge is 0.178 e. The number of ketones is 1. The summed E-state index contributed by atoms with van der Waals surface area (Å²) in [5.74, 6) is -0.0465. The van der Waals surface area contributed by atoms with Crippen LogP contribution in [0.2, 0.25) is 0 Å². The van der Waals surface area contributed by atoms with Crippen LogP contribution < -0.4 is 0 Å². The highest BCUT2D eigenvalue weighted by atomic mass is 16.5. The van der Waals surface area contributed by atoms with E-state index in [-0.39, 0.29) is 17.0 Å². The Morgan fingerprint density at radius 2 is 2.19 bits per heavy atom. The summed E-state index contributed by atoms with van der Waals surface area (Å²) in [7, 11) is 0. The van der Waals surface area contributed by atoms with Crippen LogP contribution in [-0.4, -0.2) is 18.0 Å². The fourth-order valence-corrected chi connectivity index (χ4v) is 2.78. The van der Waals surface area contributed by atoms with Gasteiger partial charge in [-0.25, -0.2) is 0 Å². The summed E-state index contributed by atoms with van der Waals surface area (Å²) in [5.41, 5.74) is -0.559. The lowest BCUT2D eigenvalue weighted by atomic mass is 9.68. The molecule has 0 N–H and O–H groups in total. The third-order valence-electron chi connectivity index (χ3n) is 3.51. The average molecular weight is 219 g/mol. The van der Waals surface area contributed by atoms with E-state index in [4.69, 9.17) is 10.00 Å². The molecule has 1 heterocycles. The molecule has 0 amide bonds. The standard InChI is InChI=1S/C13H17NO2/c1-12(2)9-13(5-3-4-6-16-13)7-10(8-14)11(12)15/h7H,3-6,9H2,1-2H3. The van der Waals surface area contributed by atoms with Crippen molar-refractivity contribution >= 4 is 5.78 Å². The average Bonchev–Trinajstić information content (AvgIpc) is 2.24. The Labute approximate surface area is 96.1 Å². The van der Waals surface area contributed by atoms with Crippen LogP contribution in [-0.2, 0) is 9.53 Å². The first-order chi connectivity index (χ1) is 7.49. The molecule has 0 aromatic rings. The molecule has 16 heavy (non-hydrogen) atoms. The number of hydrogen-bond acceptors (Lipinski definition) is 3. The zero-order chi connectivity index (χ0) is 11.8. The Morgan fingerprint density at radius 3 is 2.75 bits per heavy atom. The molecule has 1 fully saturated rings. The van der Waals surface area contributed by atoms with Crippen molar-refractivity contribution in [3.63, 3.8) is 0 Å². The van der Waals surface area contributed by atoms with E-state index in [1.165, 1.54) is 0 Å². The first kappa shape index (κ1) is 11.3. The van der Waals surface area contributed by atoms with E-state index in [1.54, 1.807) is 6.08 Å². The zero-order valence-electron chi connectivity index (χ0n) is 9.88. The summed E-state index contributed by atoms with van der Waals surface area (Å²) in [6, 6.07) is 2.01. The summed E-state index contributed by atoms with van der Waals surface area (Å²) in [6.07, 6.45) is 5.57. The Bertz CT molecular complexity index is 381. The molecule has 3 heteroatoms. The van der Waals surface area contributed by atoms with Gasteiger partial charge in [-0.3, -0.25) is 4.79 Å². The minimum Gasteiger partial charge on any atom is -0.371 e. The van der Waals surface area contributed by atoms with Gasteiger partial charge >= 0.3 is 0 Å². The lowest BCUT2D eigenvalue weighted by molar-refractivity contribution is -0.132. The summed E-state index contributed by atoms with van der Waals surface area (Å²) >= 11 is 0. The maximum Gasteiger partial charge on any atom is 0.178 e. The van der Waals surface area contributed by atoms with E-state index in [1.807, 2.05) is 19.9 Å². The van der Waals surface area contributed by atoms with Crippen LogP contribution in [0.25, 0.3) is 0 Å². The second-order valence-electron chi connectivity index (χ2n) is 5.43. The zero-order valence-corrected chi connectivity index (χ0v) is 9.88. The third-order valence-corrected chi connectivity index (χ3v) is 3.51. The third kappa shape index (κ3) is 1.78. The van der Waals surface area contributed by atoms with Gasteiger partial charge in [0.2, 0.25) is 0 Å². The normalized spacial score (nSPS) is 33.3. The van der Waals surface area contributed by atoms with Gasteiger partial charge in [0.1, 0.15) is 6.07 Å². The highest BCUT2D eigenvalue weighted by Gasteiger charge is 2.46. The molecule has 86 valence electrons. The summed E-state index contributed by atoms with van der Waals surface area (Å²) in [4.78, 5) is 12.0. The maximum absolute atomic E-state index is 12.0. The molecule has 3 nitrogen and oxygen atoms in total. The molecule has 1 aliphatic carbocycles. The number of allylic oxidation sites excluding steroid dienone is 1. The van der Waals surface area contributed by atoms with E-state index in [2.05, 4.69) is 0 Å². The number of nitriles is 1. The molecular weight excluding hydrogens is 202 g/mol. The fraction of sp³-hybridized carbons (Fsp3) is 0.692. The summed E-state index contributed by atoms with van der Waals surface area (Å²) in [6.45, 7) is 4.54. The number of hydrogen-bond donors (Lipinski definition) is 0. The topological polar surface area (TPSA) is 50.1 Å². The van der Waals surface area contributed by atoms with E-state index in [0.29, 0.717) is 6.42 Å². The molecule has 2 aliphatic rings. The monoisotopic (exact) mass is 219 g/mol. The van der Waals surface area contributed by atoms with Gasteiger partial charge in [0.25, 0.3) is 0 Å². The minimum absolute atomic E-state index is 0.0465. The minimum atomic E-state index is -0.475. The Morgan fingerprint density at radius 1 is 1.44 bits per heavy atom. The molecule has 1 unspecified atom stereocenters. The number of rotatable bonds is 0. The molecule has 0 aromatic heterocycles. The number of nitrogens with zero attached hydrogens (tertiary/aromatic N) is 1. The second-order valence-corrected chi connectivity index (χ2v) is 5.43. The van der Waals surface area contributed by atoms with Gasteiger partial charge in [-0.05, 0) is 31.8 Å². The van der Waals surface area contributed by atoms with Crippen molar-refractivity contribution in [3.05, 3.63) is 11.6 Å². The Kier molecular flexibility index (Phi) is 2.63. The Hall–Kier alpha value is -1.14. The molecular formula is C13H17NO2. The van der Waals surface area contributed by atoms with Crippen molar-refractivity contribution in [2.45, 2.75) is 45.1 Å². The molecule has 1 spiro atoms. The lowest BCUT2D eigenvalue weighted by Gasteiger charge is -2.43. The van der Waals surface area contributed by atoms with E-state index < -0.39 is 5.41 Å². The van der Waals surface area contributed by atoms with Crippen molar-refractivity contribution in [3.8, 4) is 6.07 Å². The number of ether oxygens (including phenoxy) is 1. The lowest BCUT2D eigenvalue weighted by Crippen LogP contribution is -2.46. The van der Waals surface area contributed by atoms with Gasteiger partial charge in [-0.2, -0.15) is 5.26 Å². The highest BCUT2D eigenvalue weighted by Crippen LogP contribution is 2.43. The molecule has 1 aliphatic heterocycles. The van der Waals surface area contributed by atoms with Crippen LogP contribution in [0.4, 0.5) is 0 Å². The first-order valence-electron chi connectivity index (χ1n) is 5.81. The fourth-order valence-electron chi connectivity index (χ4n) is 2.78. The molecule has 1 atom stereocenters. The van der Waals surface area contributed by atoms with Crippen molar-refractivity contribution < 1.29 is 9.53 Å². The summed E-state index contributed by atoms with van der Waals surface area (Å²) < 4.78 is 5.84. The van der Waals surface area contributed by atoms with Crippen LogP contribution in [0, 0.1) is 16.7 Å². The second kappa shape index (κ2) is 3.71. The van der Waals surface area contributed by atoms with Crippen molar-refractivity contribution in [2.24, 2.45) is 5.41 Å². The van der Waals surface area contributed by atoms with Gasteiger partial charge in [-0.1, -0.05) is 13.8 Å². The molecule has 2 rings (SSSR count). The maximum atomic E-state index is 12.0. The SMILES string of the molecule is CC1(C)CC2(C=C(C#N)C1=O)CCCCO2. The molecule has 0 saturated carbocycles. The number of Topliss-reactive ketones (excluding diaryl/α,β-unsaturated/α-hetero) is 1. The van der Waals surface area contributed by atoms with E-state index in [9.17, 15) is 4.79 Å². The Balaban J connectivity index is 2.39. The molecule has 0 aromatic carbocycles. The molecule has 0 radical (unpaired) electrons. The van der Waals surface area contributed by atoms with Crippen LogP contribution in [0.15, 0.2) is 11.6 Å². The van der Waals surface area contributed by atoms with E-state index in [0.717, 1.165) is 25.9 Å². The van der Waals surface area contributed by atoms with Gasteiger partial charge in [-0.15, -0.1) is 0 Å². The van der Waals surface area contributed by atoms with E-state index >= 15 is 0 Å². The number of carbonyl (C=O) groups is 1.